The Kier molecular flexibility index (Phi) is 6.27. The van der Waals surface area contributed by atoms with Gasteiger partial charge in [-0.2, -0.15) is 0 Å². The van der Waals surface area contributed by atoms with Gasteiger partial charge in [-0.1, -0.05) is 17.9 Å². The van der Waals surface area contributed by atoms with Crippen LogP contribution in [0, 0.1) is 18.8 Å². The van der Waals surface area contributed by atoms with Crippen LogP contribution in [0.4, 0.5) is 0 Å². The summed E-state index contributed by atoms with van der Waals surface area (Å²) in [5, 5.41) is 11.4. The van der Waals surface area contributed by atoms with E-state index in [1.54, 1.807) is 18.2 Å². The molecule has 0 aromatic heterocycles. The van der Waals surface area contributed by atoms with Gasteiger partial charge in [-0.3, -0.25) is 9.59 Å². The molecule has 4 N–H and O–H groups in total. The van der Waals surface area contributed by atoms with Crippen LogP contribution in [-0.2, 0) is 4.79 Å². The molecule has 20 heavy (non-hydrogen) atoms. The maximum atomic E-state index is 11.9. The van der Waals surface area contributed by atoms with Gasteiger partial charge in [0.1, 0.15) is 6.61 Å². The third-order valence-electron chi connectivity index (χ3n) is 2.69. The number of amides is 2. The number of carbonyl (C=O) groups is 2. The summed E-state index contributed by atoms with van der Waals surface area (Å²) in [6, 6.07) is 5.20. The Bertz CT molecular complexity index is 556. The molecule has 0 spiro atoms. The van der Waals surface area contributed by atoms with Crippen LogP contribution in [-0.4, -0.2) is 30.1 Å². The summed E-state index contributed by atoms with van der Waals surface area (Å²) in [5.41, 5.74) is 7.17. The van der Waals surface area contributed by atoms with E-state index in [0.717, 1.165) is 5.56 Å². The fourth-order valence-corrected chi connectivity index (χ4v) is 1.60. The number of aryl methyl sites for hydroxylation is 1. The summed E-state index contributed by atoms with van der Waals surface area (Å²) < 4.78 is 0. The van der Waals surface area contributed by atoms with Crippen molar-refractivity contribution in [2.45, 2.75) is 19.8 Å². The molecule has 0 radical (unpaired) electrons. The molecule has 106 valence electrons. The second-order valence-electron chi connectivity index (χ2n) is 4.32. The van der Waals surface area contributed by atoms with Gasteiger partial charge in [0.25, 0.3) is 5.91 Å². The molecule has 0 unspecified atom stereocenters. The van der Waals surface area contributed by atoms with E-state index < -0.39 is 0 Å². The molecule has 0 aliphatic rings. The van der Waals surface area contributed by atoms with Crippen molar-refractivity contribution >= 4 is 11.8 Å². The molecule has 2 amide bonds. The summed E-state index contributed by atoms with van der Waals surface area (Å²) in [6.07, 6.45) is 0.769. The van der Waals surface area contributed by atoms with E-state index in [9.17, 15) is 9.59 Å². The summed E-state index contributed by atoms with van der Waals surface area (Å²) in [4.78, 5) is 22.5. The second kappa shape index (κ2) is 7.97. The molecule has 0 bridgehead atoms. The first kappa shape index (κ1) is 15.7. The highest BCUT2D eigenvalue weighted by Gasteiger charge is 2.07. The number of primary amides is 1. The van der Waals surface area contributed by atoms with Crippen LogP contribution in [0.1, 0.15) is 34.3 Å². The van der Waals surface area contributed by atoms with Gasteiger partial charge >= 0.3 is 0 Å². The molecule has 1 aromatic rings. The van der Waals surface area contributed by atoms with Crippen LogP contribution in [0.5, 0.6) is 0 Å². The van der Waals surface area contributed by atoms with Crippen molar-refractivity contribution in [3.63, 3.8) is 0 Å². The quantitative estimate of drug-likeness (QED) is 0.534. The Morgan fingerprint density at radius 2 is 2.15 bits per heavy atom. The lowest BCUT2D eigenvalue weighted by molar-refractivity contribution is -0.118. The molecule has 0 aliphatic carbocycles. The monoisotopic (exact) mass is 274 g/mol. The Labute approximate surface area is 118 Å². The molecule has 0 atom stereocenters. The highest BCUT2D eigenvalue weighted by Crippen LogP contribution is 2.10. The summed E-state index contributed by atoms with van der Waals surface area (Å²) in [5.74, 6) is 4.76. The normalized spacial score (nSPS) is 9.50. The third-order valence-corrected chi connectivity index (χ3v) is 2.69. The Balaban J connectivity index is 2.66. The second-order valence-corrected chi connectivity index (χ2v) is 4.32. The van der Waals surface area contributed by atoms with E-state index >= 15 is 0 Å². The summed E-state index contributed by atoms with van der Waals surface area (Å²) in [6.45, 7) is 2.06. The zero-order valence-electron chi connectivity index (χ0n) is 11.4. The average Bonchev–Trinajstić information content (AvgIpc) is 2.42. The van der Waals surface area contributed by atoms with Crippen LogP contribution in [0.3, 0.4) is 0 Å². The van der Waals surface area contributed by atoms with E-state index in [1.807, 2.05) is 6.92 Å². The maximum absolute atomic E-state index is 11.9. The fraction of sp³-hybridized carbons (Fsp3) is 0.333. The molecule has 0 aliphatic heterocycles. The lowest BCUT2D eigenvalue weighted by Gasteiger charge is -2.06. The van der Waals surface area contributed by atoms with Crippen LogP contribution in [0.2, 0.25) is 0 Å². The first-order valence-electron chi connectivity index (χ1n) is 6.31. The molecule has 0 saturated carbocycles. The number of nitrogens with one attached hydrogen (secondary N) is 1. The zero-order valence-corrected chi connectivity index (χ0v) is 11.4. The van der Waals surface area contributed by atoms with Gasteiger partial charge in [-0.25, -0.2) is 0 Å². The molecular weight excluding hydrogens is 256 g/mol. The number of hydrogen-bond donors (Lipinski definition) is 3. The van der Waals surface area contributed by atoms with Gasteiger partial charge in [-0.15, -0.1) is 0 Å². The lowest BCUT2D eigenvalue weighted by Crippen LogP contribution is -2.25. The summed E-state index contributed by atoms with van der Waals surface area (Å²) in [7, 11) is 0. The highest BCUT2D eigenvalue weighted by molar-refractivity contribution is 5.94. The van der Waals surface area contributed by atoms with Crippen molar-refractivity contribution < 1.29 is 14.7 Å². The van der Waals surface area contributed by atoms with Gasteiger partial charge in [0, 0.05) is 24.1 Å². The zero-order chi connectivity index (χ0) is 15.0. The predicted molar refractivity (Wildman–Crippen MR) is 75.9 cm³/mol. The van der Waals surface area contributed by atoms with Crippen molar-refractivity contribution in [3.8, 4) is 11.8 Å². The molecular formula is C15H18N2O3. The van der Waals surface area contributed by atoms with Crippen LogP contribution < -0.4 is 11.1 Å². The number of nitrogens with two attached hydrogens (primary N) is 1. The molecule has 5 nitrogen and oxygen atoms in total. The van der Waals surface area contributed by atoms with E-state index in [0.29, 0.717) is 24.1 Å². The minimum absolute atomic E-state index is 0.219. The Hall–Kier alpha value is -2.32. The van der Waals surface area contributed by atoms with Crippen molar-refractivity contribution in [1.82, 2.24) is 5.32 Å². The number of benzene rings is 1. The van der Waals surface area contributed by atoms with Gasteiger partial charge in [0.15, 0.2) is 0 Å². The van der Waals surface area contributed by atoms with Crippen LogP contribution >= 0.6 is 0 Å². The van der Waals surface area contributed by atoms with Crippen molar-refractivity contribution in [1.29, 1.82) is 0 Å². The van der Waals surface area contributed by atoms with Crippen LogP contribution in [0.25, 0.3) is 0 Å². The molecule has 5 heteroatoms. The highest BCUT2D eigenvalue weighted by atomic mass is 16.2. The molecule has 0 fully saturated rings. The largest absolute Gasteiger partial charge is 0.384 e. The van der Waals surface area contributed by atoms with E-state index in [2.05, 4.69) is 17.2 Å². The minimum atomic E-state index is -0.379. The third kappa shape index (κ3) is 5.12. The van der Waals surface area contributed by atoms with E-state index in [-0.39, 0.29) is 24.8 Å². The van der Waals surface area contributed by atoms with E-state index in [4.69, 9.17) is 10.8 Å². The lowest BCUT2D eigenvalue weighted by atomic mass is 10.0. The predicted octanol–water partition coefficient (Wildman–Crippen LogP) is 0.334. The summed E-state index contributed by atoms with van der Waals surface area (Å²) >= 11 is 0. The van der Waals surface area contributed by atoms with Gasteiger partial charge in [-0.05, 0) is 31.0 Å². The topological polar surface area (TPSA) is 92.4 Å². The Morgan fingerprint density at radius 1 is 1.40 bits per heavy atom. The first-order valence-corrected chi connectivity index (χ1v) is 6.31. The number of hydrogen-bond acceptors (Lipinski definition) is 3. The van der Waals surface area contributed by atoms with Crippen molar-refractivity contribution in [2.75, 3.05) is 13.2 Å². The standard InChI is InChI=1S/C15H18N2O3/c1-11-6-7-13(10-12(11)4-3-9-18)15(20)17-8-2-5-14(16)19/h6-7,10,18H,2,5,8-9H2,1H3,(H2,16,19)(H,17,20). The van der Waals surface area contributed by atoms with Gasteiger partial charge in [0.05, 0.1) is 0 Å². The Morgan fingerprint density at radius 3 is 2.80 bits per heavy atom. The van der Waals surface area contributed by atoms with Gasteiger partial charge in [0.2, 0.25) is 5.91 Å². The number of rotatable bonds is 5. The van der Waals surface area contributed by atoms with Crippen molar-refractivity contribution in [3.05, 3.63) is 34.9 Å². The number of aliphatic hydroxyl groups excluding tert-OH is 1. The molecule has 1 aromatic carbocycles. The SMILES string of the molecule is Cc1ccc(C(=O)NCCCC(N)=O)cc1C#CCO. The average molecular weight is 274 g/mol. The number of aliphatic hydroxyl groups is 1. The van der Waals surface area contributed by atoms with E-state index in [1.165, 1.54) is 0 Å². The maximum Gasteiger partial charge on any atom is 0.251 e. The molecule has 0 saturated heterocycles. The molecule has 1 rings (SSSR count). The fourth-order valence-electron chi connectivity index (χ4n) is 1.60. The first-order chi connectivity index (χ1) is 9.54. The van der Waals surface area contributed by atoms with Crippen molar-refractivity contribution in [2.24, 2.45) is 5.73 Å². The molecule has 0 heterocycles. The smallest absolute Gasteiger partial charge is 0.251 e. The number of carbonyl (C=O) groups excluding carboxylic acids is 2. The van der Waals surface area contributed by atoms with Crippen LogP contribution in [0.15, 0.2) is 18.2 Å². The van der Waals surface area contributed by atoms with Gasteiger partial charge < -0.3 is 16.2 Å². The minimum Gasteiger partial charge on any atom is -0.384 e.